The Morgan fingerprint density at radius 1 is 1.10 bits per heavy atom. The normalized spacial score (nSPS) is 31.1. The van der Waals surface area contributed by atoms with Crippen LogP contribution in [0.2, 0.25) is 0 Å². The SMILES string of the molecule is C[C@]12CC[C@@H]3c4ccc(O)cc4C(=NNOC(=O)CC(CC(=O)O)c4ccc(O)cc4)C[C@H]3[C@@H]1C[C@@H](O)[C@@H]2O. The first-order valence-corrected chi connectivity index (χ1v) is 13.3. The monoisotopic (exact) mass is 538 g/mol. The molecular formula is C29H34N2O8. The number of aliphatic carboxylic acids is 1. The molecule has 1 unspecified atom stereocenters. The number of aliphatic hydroxyl groups is 2. The molecule has 2 fully saturated rings. The molecule has 0 saturated heterocycles. The number of hydrogen-bond acceptors (Lipinski definition) is 9. The van der Waals surface area contributed by atoms with Crippen LogP contribution in [0.5, 0.6) is 11.5 Å². The van der Waals surface area contributed by atoms with Gasteiger partial charge in [0.05, 0.1) is 30.8 Å². The molecule has 39 heavy (non-hydrogen) atoms. The molecule has 208 valence electrons. The van der Waals surface area contributed by atoms with Crippen LogP contribution in [0.25, 0.3) is 0 Å². The summed E-state index contributed by atoms with van der Waals surface area (Å²) in [4.78, 5) is 29.1. The summed E-state index contributed by atoms with van der Waals surface area (Å²) in [6.45, 7) is 2.04. The van der Waals surface area contributed by atoms with Gasteiger partial charge in [-0.2, -0.15) is 0 Å². The number of nitrogens with one attached hydrogen (secondary N) is 1. The first-order valence-electron chi connectivity index (χ1n) is 13.3. The van der Waals surface area contributed by atoms with E-state index in [2.05, 4.69) is 10.7 Å². The van der Waals surface area contributed by atoms with Gasteiger partial charge in [0.25, 0.3) is 0 Å². The summed E-state index contributed by atoms with van der Waals surface area (Å²) in [5.41, 5.74) is 4.96. The van der Waals surface area contributed by atoms with Crippen LogP contribution in [0.4, 0.5) is 0 Å². The van der Waals surface area contributed by atoms with Crippen LogP contribution < -0.4 is 5.59 Å². The quantitative estimate of drug-likeness (QED) is 0.290. The zero-order valence-electron chi connectivity index (χ0n) is 21.7. The van der Waals surface area contributed by atoms with Crippen molar-refractivity contribution < 1.29 is 40.0 Å². The van der Waals surface area contributed by atoms with Gasteiger partial charge in [0.1, 0.15) is 11.5 Å². The van der Waals surface area contributed by atoms with E-state index in [1.54, 1.807) is 24.3 Å². The van der Waals surface area contributed by atoms with E-state index in [0.29, 0.717) is 24.1 Å². The number of nitrogens with zero attached hydrogens (tertiary/aromatic N) is 1. The van der Waals surface area contributed by atoms with E-state index in [0.717, 1.165) is 24.0 Å². The predicted molar refractivity (Wildman–Crippen MR) is 140 cm³/mol. The van der Waals surface area contributed by atoms with Gasteiger partial charge in [-0.25, -0.2) is 4.79 Å². The van der Waals surface area contributed by atoms with Crippen LogP contribution in [0.1, 0.15) is 74.0 Å². The predicted octanol–water partition coefficient (Wildman–Crippen LogP) is 3.14. The molecule has 0 radical (unpaired) electrons. The van der Waals surface area contributed by atoms with E-state index >= 15 is 0 Å². The van der Waals surface area contributed by atoms with Crippen molar-refractivity contribution in [1.29, 1.82) is 0 Å². The number of carbonyl (C=O) groups excluding carboxylic acids is 1. The Morgan fingerprint density at radius 3 is 2.54 bits per heavy atom. The maximum Gasteiger partial charge on any atom is 0.334 e. The molecule has 6 N–H and O–H groups in total. The second-order valence-corrected chi connectivity index (χ2v) is 11.4. The van der Waals surface area contributed by atoms with Crippen LogP contribution >= 0.6 is 0 Å². The molecule has 0 amide bonds. The van der Waals surface area contributed by atoms with Gasteiger partial charge in [0.15, 0.2) is 0 Å². The van der Waals surface area contributed by atoms with Crippen molar-refractivity contribution in [2.75, 3.05) is 0 Å². The Hall–Kier alpha value is -3.63. The standard InChI is InChI=1S/C29H34N2O8/c1-29-9-8-20-19-7-6-18(33)12-22(19)24(13-21(20)23(29)14-25(34)28(29)38)30-31-39-27(37)11-16(10-26(35)36)15-2-4-17(32)5-3-15/h2-7,12,16,20-21,23,25,28,31-34,38H,8-11,13-14H2,1H3,(H,35,36)/t16?,20-,21-,23+,25-,28+,29+/m1/s1. The zero-order valence-corrected chi connectivity index (χ0v) is 21.7. The fourth-order valence-corrected chi connectivity index (χ4v) is 7.14. The number of benzene rings is 2. The third-order valence-electron chi connectivity index (χ3n) is 9.13. The van der Waals surface area contributed by atoms with Crippen molar-refractivity contribution in [3.8, 4) is 11.5 Å². The van der Waals surface area contributed by atoms with E-state index in [1.807, 2.05) is 13.0 Å². The number of aliphatic hydroxyl groups excluding tert-OH is 2. The molecule has 10 heteroatoms. The maximum atomic E-state index is 12.6. The largest absolute Gasteiger partial charge is 0.508 e. The highest BCUT2D eigenvalue weighted by molar-refractivity contribution is 6.03. The molecule has 0 heterocycles. The fourth-order valence-electron chi connectivity index (χ4n) is 7.14. The second-order valence-electron chi connectivity index (χ2n) is 11.4. The van der Waals surface area contributed by atoms with Crippen molar-refractivity contribution in [2.45, 2.75) is 69.5 Å². The van der Waals surface area contributed by atoms with E-state index in [-0.39, 0.29) is 42.1 Å². The highest BCUT2D eigenvalue weighted by Gasteiger charge is 2.58. The number of rotatable bonds is 7. The summed E-state index contributed by atoms with van der Waals surface area (Å²) in [6, 6.07) is 11.2. The summed E-state index contributed by atoms with van der Waals surface area (Å²) in [5, 5.41) is 54.6. The topological polar surface area (TPSA) is 169 Å². The number of carboxylic acids is 1. The number of fused-ring (bicyclic) bond motifs is 5. The summed E-state index contributed by atoms with van der Waals surface area (Å²) >= 11 is 0. The van der Waals surface area contributed by atoms with Crippen LogP contribution in [-0.4, -0.2) is 55.4 Å². The van der Waals surface area contributed by atoms with Gasteiger partial charge in [0, 0.05) is 11.5 Å². The lowest BCUT2D eigenvalue weighted by atomic mass is 9.55. The molecule has 10 nitrogen and oxygen atoms in total. The van der Waals surface area contributed by atoms with Gasteiger partial charge >= 0.3 is 11.9 Å². The number of phenols is 2. The minimum atomic E-state index is -1.07. The Kier molecular flexibility index (Phi) is 7.26. The van der Waals surface area contributed by atoms with E-state index in [9.17, 15) is 35.1 Å². The van der Waals surface area contributed by atoms with Gasteiger partial charge in [0.2, 0.25) is 0 Å². The molecule has 2 saturated carbocycles. The number of carbonyl (C=O) groups is 2. The van der Waals surface area contributed by atoms with Gasteiger partial charge < -0.3 is 30.4 Å². The van der Waals surface area contributed by atoms with Crippen LogP contribution in [0.15, 0.2) is 47.6 Å². The number of carboxylic acid groups (broad SMARTS) is 1. The molecular weight excluding hydrogens is 504 g/mol. The van der Waals surface area contributed by atoms with Crippen LogP contribution in [-0.2, 0) is 14.4 Å². The lowest BCUT2D eigenvalue weighted by molar-refractivity contribution is -0.151. The summed E-state index contributed by atoms with van der Waals surface area (Å²) in [7, 11) is 0. The second kappa shape index (κ2) is 10.5. The Labute approximate surface area is 225 Å². The number of hydrogen-bond donors (Lipinski definition) is 6. The van der Waals surface area contributed by atoms with Crippen molar-refractivity contribution in [1.82, 2.24) is 5.59 Å². The third kappa shape index (κ3) is 5.18. The van der Waals surface area contributed by atoms with E-state index in [4.69, 9.17) is 4.84 Å². The van der Waals surface area contributed by atoms with Crippen molar-refractivity contribution in [2.24, 2.45) is 22.4 Å². The van der Waals surface area contributed by atoms with Crippen LogP contribution in [0.3, 0.4) is 0 Å². The average molecular weight is 539 g/mol. The molecule has 3 aliphatic rings. The fraction of sp³-hybridized carbons (Fsp3) is 0.483. The highest BCUT2D eigenvalue weighted by Crippen LogP contribution is 2.61. The minimum Gasteiger partial charge on any atom is -0.508 e. The average Bonchev–Trinajstić information content (AvgIpc) is 3.12. The zero-order chi connectivity index (χ0) is 27.9. The van der Waals surface area contributed by atoms with Crippen molar-refractivity contribution in [3.63, 3.8) is 0 Å². The number of phenolic OH excluding ortho intramolecular Hbond substituents is 2. The van der Waals surface area contributed by atoms with E-state index < -0.39 is 35.5 Å². The molecule has 2 aromatic rings. The highest BCUT2D eigenvalue weighted by atomic mass is 16.7. The van der Waals surface area contributed by atoms with Gasteiger partial charge in [-0.05, 0) is 84.2 Å². The van der Waals surface area contributed by atoms with Crippen molar-refractivity contribution in [3.05, 3.63) is 59.2 Å². The van der Waals surface area contributed by atoms with Gasteiger partial charge in [-0.3, -0.25) is 4.79 Å². The molecule has 0 bridgehead atoms. The first kappa shape index (κ1) is 27.0. The van der Waals surface area contributed by atoms with E-state index in [1.165, 1.54) is 12.1 Å². The Bertz CT molecular complexity index is 1280. The lowest BCUT2D eigenvalue weighted by Crippen LogP contribution is -2.45. The molecule has 3 aliphatic carbocycles. The molecule has 0 aromatic heterocycles. The molecule has 0 spiro atoms. The molecule has 7 atom stereocenters. The smallest absolute Gasteiger partial charge is 0.334 e. The summed E-state index contributed by atoms with van der Waals surface area (Å²) in [6.07, 6.45) is 0.596. The molecule has 2 aromatic carbocycles. The van der Waals surface area contributed by atoms with Crippen molar-refractivity contribution >= 4 is 17.7 Å². The Morgan fingerprint density at radius 2 is 1.82 bits per heavy atom. The summed E-state index contributed by atoms with van der Waals surface area (Å²) < 4.78 is 0. The minimum absolute atomic E-state index is 0.0360. The molecule has 5 rings (SSSR count). The third-order valence-corrected chi connectivity index (χ3v) is 9.13. The van der Waals surface area contributed by atoms with Gasteiger partial charge in [-0.15, -0.1) is 10.7 Å². The van der Waals surface area contributed by atoms with Gasteiger partial charge in [-0.1, -0.05) is 25.1 Å². The molecule has 0 aliphatic heterocycles. The number of aromatic hydroxyl groups is 2. The van der Waals surface area contributed by atoms with Crippen LogP contribution in [0, 0.1) is 17.3 Å². The lowest BCUT2D eigenvalue weighted by Gasteiger charge is -2.49. The summed E-state index contributed by atoms with van der Waals surface area (Å²) in [5.74, 6) is -1.91. The maximum absolute atomic E-state index is 12.6. The first-order chi connectivity index (χ1) is 18.6. The number of hydrazone groups is 1. The Balaban J connectivity index is 1.33.